The Hall–Kier alpha value is -3.35. The van der Waals surface area contributed by atoms with Crippen molar-refractivity contribution >= 4 is 16.7 Å². The van der Waals surface area contributed by atoms with Crippen molar-refractivity contribution in [1.82, 2.24) is 0 Å². The molecule has 0 unspecified atom stereocenters. The van der Waals surface area contributed by atoms with Crippen LogP contribution in [0.2, 0.25) is 0 Å². The van der Waals surface area contributed by atoms with Gasteiger partial charge >= 0.3 is 5.69 Å². The van der Waals surface area contributed by atoms with E-state index in [-0.39, 0.29) is 16.7 Å². The normalized spacial score (nSPS) is 10.6. The monoisotopic (exact) mass is 327 g/mol. The fourth-order valence-electron chi connectivity index (χ4n) is 2.47. The highest BCUT2D eigenvalue weighted by molar-refractivity contribution is 5.83. The van der Waals surface area contributed by atoms with Crippen molar-refractivity contribution in [3.63, 3.8) is 0 Å². The van der Waals surface area contributed by atoms with E-state index in [1.165, 1.54) is 26.4 Å². The zero-order chi connectivity index (χ0) is 17.3. The summed E-state index contributed by atoms with van der Waals surface area (Å²) >= 11 is 0. The third-order valence-corrected chi connectivity index (χ3v) is 3.60. The molecule has 0 fully saturated rings. The zero-order valence-electron chi connectivity index (χ0n) is 12.9. The number of fused-ring (bicyclic) bond motifs is 1. The molecule has 7 nitrogen and oxygen atoms in total. The van der Waals surface area contributed by atoms with Crippen LogP contribution < -0.4 is 14.9 Å². The van der Waals surface area contributed by atoms with E-state index in [2.05, 4.69) is 0 Å². The molecule has 0 atom stereocenters. The second-order valence-electron chi connectivity index (χ2n) is 4.93. The van der Waals surface area contributed by atoms with Gasteiger partial charge in [0.1, 0.15) is 5.58 Å². The van der Waals surface area contributed by atoms with Crippen LogP contribution in [-0.4, -0.2) is 19.1 Å². The van der Waals surface area contributed by atoms with Crippen LogP contribution in [0, 0.1) is 10.1 Å². The predicted octanol–water partition coefficient (Wildman–Crippen LogP) is 3.39. The van der Waals surface area contributed by atoms with Crippen LogP contribution in [0.3, 0.4) is 0 Å². The largest absolute Gasteiger partial charge is 0.493 e. The number of nitro groups is 1. The van der Waals surface area contributed by atoms with E-state index < -0.39 is 16.0 Å². The van der Waals surface area contributed by atoms with E-state index in [4.69, 9.17) is 13.9 Å². The first kappa shape index (κ1) is 15.5. The maximum atomic E-state index is 12.5. The van der Waals surface area contributed by atoms with Crippen molar-refractivity contribution in [2.24, 2.45) is 0 Å². The molecular weight excluding hydrogens is 314 g/mol. The summed E-state index contributed by atoms with van der Waals surface area (Å²) in [6.07, 6.45) is 0. The molecular formula is C17H13NO6. The van der Waals surface area contributed by atoms with Crippen LogP contribution >= 0.6 is 0 Å². The summed E-state index contributed by atoms with van der Waals surface area (Å²) in [6.45, 7) is 0. The van der Waals surface area contributed by atoms with Gasteiger partial charge in [-0.2, -0.15) is 0 Å². The molecule has 3 rings (SSSR count). The van der Waals surface area contributed by atoms with Gasteiger partial charge < -0.3 is 13.9 Å². The first-order chi connectivity index (χ1) is 11.6. The molecule has 2 aromatic carbocycles. The van der Waals surface area contributed by atoms with Gasteiger partial charge in [-0.25, -0.2) is 0 Å². The van der Waals surface area contributed by atoms with Crippen molar-refractivity contribution in [3.05, 3.63) is 62.8 Å². The van der Waals surface area contributed by atoms with Crippen LogP contribution in [0.1, 0.15) is 0 Å². The van der Waals surface area contributed by atoms with E-state index >= 15 is 0 Å². The lowest BCUT2D eigenvalue weighted by Crippen LogP contribution is -2.10. The molecule has 0 saturated heterocycles. The highest BCUT2D eigenvalue weighted by atomic mass is 16.6. The third-order valence-electron chi connectivity index (χ3n) is 3.60. The molecule has 0 saturated carbocycles. The predicted molar refractivity (Wildman–Crippen MR) is 87.7 cm³/mol. The van der Waals surface area contributed by atoms with Crippen molar-refractivity contribution in [2.75, 3.05) is 14.2 Å². The molecule has 1 heterocycles. The number of nitrogens with zero attached hydrogens (tertiary/aromatic N) is 1. The topological polar surface area (TPSA) is 91.8 Å². The Morgan fingerprint density at radius 3 is 2.42 bits per heavy atom. The van der Waals surface area contributed by atoms with Gasteiger partial charge in [0.15, 0.2) is 11.5 Å². The van der Waals surface area contributed by atoms with Crippen molar-refractivity contribution in [3.8, 4) is 22.8 Å². The van der Waals surface area contributed by atoms with Crippen LogP contribution in [0.5, 0.6) is 11.5 Å². The summed E-state index contributed by atoms with van der Waals surface area (Å²) in [7, 11) is 2.93. The number of ether oxygens (including phenoxy) is 2. The molecule has 0 aliphatic rings. The average Bonchev–Trinajstić information content (AvgIpc) is 2.60. The van der Waals surface area contributed by atoms with Gasteiger partial charge in [0.25, 0.3) is 5.43 Å². The Bertz CT molecular complexity index is 992. The molecule has 0 aliphatic carbocycles. The van der Waals surface area contributed by atoms with Gasteiger partial charge in [-0.15, -0.1) is 0 Å². The van der Waals surface area contributed by atoms with Crippen molar-refractivity contribution in [2.45, 2.75) is 0 Å². The smallest absolute Gasteiger partial charge is 0.359 e. The lowest BCUT2D eigenvalue weighted by molar-refractivity contribution is -0.386. The van der Waals surface area contributed by atoms with Gasteiger partial charge in [-0.3, -0.25) is 14.9 Å². The lowest BCUT2D eigenvalue weighted by Gasteiger charge is -2.09. The van der Waals surface area contributed by atoms with E-state index in [1.807, 2.05) is 0 Å². The minimum atomic E-state index is -0.732. The number of methoxy groups -OCH3 is 2. The van der Waals surface area contributed by atoms with Gasteiger partial charge in [0, 0.05) is 5.56 Å². The minimum Gasteiger partial charge on any atom is -0.493 e. The number of benzene rings is 2. The minimum absolute atomic E-state index is 0.121. The Kier molecular flexibility index (Phi) is 3.91. The van der Waals surface area contributed by atoms with Gasteiger partial charge in [-0.1, -0.05) is 12.1 Å². The van der Waals surface area contributed by atoms with E-state index in [9.17, 15) is 14.9 Å². The standard InChI is InChI=1S/C17H13NO6/c1-22-13-8-7-10(9-14(13)23-2)17-15(18(20)21)16(19)11-5-3-4-6-12(11)24-17/h3-9H,1-2H3. The SMILES string of the molecule is COc1ccc(-c2oc3ccccc3c(=O)c2[N+](=O)[O-])cc1OC. The second-order valence-corrected chi connectivity index (χ2v) is 4.93. The van der Waals surface area contributed by atoms with E-state index in [1.54, 1.807) is 30.3 Å². The van der Waals surface area contributed by atoms with E-state index in [0.717, 1.165) is 0 Å². The number of hydrogen-bond donors (Lipinski definition) is 0. The molecule has 7 heteroatoms. The molecule has 0 aliphatic heterocycles. The number of para-hydroxylation sites is 1. The van der Waals surface area contributed by atoms with Crippen LogP contribution in [-0.2, 0) is 0 Å². The summed E-state index contributed by atoms with van der Waals surface area (Å²) < 4.78 is 16.0. The first-order valence-corrected chi connectivity index (χ1v) is 6.99. The van der Waals surface area contributed by atoms with Gasteiger partial charge in [0.05, 0.1) is 24.5 Å². The Morgan fingerprint density at radius 2 is 1.75 bits per heavy atom. The Morgan fingerprint density at radius 1 is 1.04 bits per heavy atom. The number of hydrogen-bond acceptors (Lipinski definition) is 6. The molecule has 0 amide bonds. The quantitative estimate of drug-likeness (QED) is 0.539. The summed E-state index contributed by atoms with van der Waals surface area (Å²) in [5.41, 5.74) is -0.673. The highest BCUT2D eigenvalue weighted by Crippen LogP contribution is 2.36. The fraction of sp³-hybridized carbons (Fsp3) is 0.118. The fourth-order valence-corrected chi connectivity index (χ4v) is 2.47. The molecule has 0 bridgehead atoms. The summed E-state index contributed by atoms with van der Waals surface area (Å²) in [4.78, 5) is 23.2. The zero-order valence-corrected chi connectivity index (χ0v) is 12.9. The molecule has 3 aromatic rings. The maximum absolute atomic E-state index is 12.5. The lowest BCUT2D eigenvalue weighted by atomic mass is 10.1. The summed E-state index contributed by atoms with van der Waals surface area (Å²) in [5, 5.41) is 11.6. The van der Waals surface area contributed by atoms with Gasteiger partial charge in [0.2, 0.25) is 5.76 Å². The first-order valence-electron chi connectivity index (χ1n) is 6.99. The molecule has 1 aromatic heterocycles. The van der Waals surface area contributed by atoms with Gasteiger partial charge in [-0.05, 0) is 30.3 Å². The average molecular weight is 327 g/mol. The maximum Gasteiger partial charge on any atom is 0.359 e. The molecule has 0 spiro atoms. The Balaban J connectivity index is 2.35. The van der Waals surface area contributed by atoms with Crippen LogP contribution in [0.25, 0.3) is 22.3 Å². The Labute approximate surface area is 136 Å². The summed E-state index contributed by atoms with van der Waals surface area (Å²) in [5.74, 6) is 0.719. The summed E-state index contributed by atoms with van der Waals surface area (Å²) in [6, 6.07) is 11.1. The highest BCUT2D eigenvalue weighted by Gasteiger charge is 2.26. The molecule has 24 heavy (non-hydrogen) atoms. The van der Waals surface area contributed by atoms with Crippen molar-refractivity contribution in [1.29, 1.82) is 0 Å². The molecule has 0 radical (unpaired) electrons. The van der Waals surface area contributed by atoms with Crippen LogP contribution in [0.4, 0.5) is 5.69 Å². The number of rotatable bonds is 4. The van der Waals surface area contributed by atoms with E-state index in [0.29, 0.717) is 17.1 Å². The van der Waals surface area contributed by atoms with Crippen molar-refractivity contribution < 1.29 is 18.8 Å². The molecule has 122 valence electrons. The second kappa shape index (κ2) is 6.04. The molecule has 0 N–H and O–H groups in total. The van der Waals surface area contributed by atoms with Crippen LogP contribution in [0.15, 0.2) is 51.7 Å². The third kappa shape index (κ3) is 2.45.